The van der Waals surface area contributed by atoms with E-state index in [0.29, 0.717) is 23.5 Å². The molecule has 0 aliphatic heterocycles. The highest BCUT2D eigenvalue weighted by Gasteiger charge is 2.17. The number of thiophene rings is 1. The van der Waals surface area contributed by atoms with Crippen molar-refractivity contribution in [1.82, 2.24) is 14.5 Å². The van der Waals surface area contributed by atoms with Crippen molar-refractivity contribution in [3.05, 3.63) is 64.4 Å². The second-order valence-electron chi connectivity index (χ2n) is 6.32. The molecule has 0 atom stereocenters. The predicted molar refractivity (Wildman–Crippen MR) is 107 cm³/mol. The summed E-state index contributed by atoms with van der Waals surface area (Å²) in [7, 11) is 1.92. The average molecular weight is 382 g/mol. The van der Waals surface area contributed by atoms with Gasteiger partial charge in [0, 0.05) is 31.5 Å². The van der Waals surface area contributed by atoms with Gasteiger partial charge in [-0.2, -0.15) is 0 Å². The van der Waals surface area contributed by atoms with E-state index in [4.69, 9.17) is 5.73 Å². The van der Waals surface area contributed by atoms with Crippen LogP contribution in [0.25, 0.3) is 11.1 Å². The Hall–Kier alpha value is -2.93. The Morgan fingerprint density at radius 3 is 2.52 bits per heavy atom. The van der Waals surface area contributed by atoms with Crippen LogP contribution >= 0.6 is 11.3 Å². The summed E-state index contributed by atoms with van der Waals surface area (Å²) >= 11 is 1.32. The van der Waals surface area contributed by atoms with Crippen molar-refractivity contribution in [3.8, 4) is 11.1 Å². The third-order valence-electron chi connectivity index (χ3n) is 4.34. The molecule has 0 saturated carbocycles. The minimum absolute atomic E-state index is 0.0189. The summed E-state index contributed by atoms with van der Waals surface area (Å²) in [6.45, 7) is 3.19. The number of primary amides is 1. The van der Waals surface area contributed by atoms with E-state index >= 15 is 0 Å². The second-order valence-corrected chi connectivity index (χ2v) is 7.23. The second kappa shape index (κ2) is 8.18. The van der Waals surface area contributed by atoms with E-state index in [9.17, 15) is 9.59 Å². The van der Waals surface area contributed by atoms with Gasteiger partial charge in [0.2, 0.25) is 0 Å². The number of aryl methyl sites for hydroxylation is 1. The first-order valence-electron chi connectivity index (χ1n) is 8.74. The van der Waals surface area contributed by atoms with Crippen molar-refractivity contribution < 1.29 is 9.59 Å². The number of aromatic nitrogens is 2. The average Bonchev–Trinajstić information content (AvgIpc) is 3.31. The molecule has 0 aliphatic rings. The summed E-state index contributed by atoms with van der Waals surface area (Å²) in [6.07, 6.45) is 4.49. The fourth-order valence-corrected chi connectivity index (χ4v) is 3.62. The minimum atomic E-state index is -0.428. The summed E-state index contributed by atoms with van der Waals surface area (Å²) < 4.78 is 1.92. The Labute approximate surface area is 162 Å². The lowest BCUT2D eigenvalue weighted by Gasteiger charge is -2.22. The van der Waals surface area contributed by atoms with Crippen LogP contribution in [-0.4, -0.2) is 32.8 Å². The highest BCUT2D eigenvalue weighted by molar-refractivity contribution is 7.12. The quantitative estimate of drug-likeness (QED) is 0.681. The first-order chi connectivity index (χ1) is 13.0. The van der Waals surface area contributed by atoms with Crippen LogP contribution in [-0.2, 0) is 13.6 Å². The summed E-state index contributed by atoms with van der Waals surface area (Å²) in [5.41, 5.74) is 7.81. The maximum Gasteiger partial charge on any atom is 0.258 e. The van der Waals surface area contributed by atoms with Crippen molar-refractivity contribution in [1.29, 1.82) is 0 Å². The molecule has 140 valence electrons. The van der Waals surface area contributed by atoms with Crippen LogP contribution in [0.3, 0.4) is 0 Å². The molecule has 1 aromatic carbocycles. The van der Waals surface area contributed by atoms with Gasteiger partial charge in [0.15, 0.2) is 0 Å². The largest absolute Gasteiger partial charge is 0.365 e. The summed E-state index contributed by atoms with van der Waals surface area (Å²) in [4.78, 5) is 30.9. The van der Waals surface area contributed by atoms with Gasteiger partial charge >= 0.3 is 0 Å². The fourth-order valence-electron chi connectivity index (χ4n) is 2.85. The SMILES string of the molecule is CCCN(Cc1nccn1C)C(=O)c1ccc(-c2csc(C(N)=O)c2)cc1. The predicted octanol–water partition coefficient (Wildman–Crippen LogP) is 3.30. The summed E-state index contributed by atoms with van der Waals surface area (Å²) in [5.74, 6) is 0.405. The molecule has 27 heavy (non-hydrogen) atoms. The van der Waals surface area contributed by atoms with Crippen molar-refractivity contribution in [2.75, 3.05) is 6.54 Å². The molecule has 3 rings (SSSR count). The number of imidazole rings is 1. The monoisotopic (exact) mass is 382 g/mol. The standard InChI is InChI=1S/C20H22N4O2S/c1-3-9-24(12-18-22-8-10-23(18)2)20(26)15-6-4-14(5-7-15)16-11-17(19(21)25)27-13-16/h4-8,10-11,13H,3,9,12H2,1-2H3,(H2,21,25). The maximum atomic E-state index is 12.9. The zero-order chi connectivity index (χ0) is 19.4. The Morgan fingerprint density at radius 1 is 1.22 bits per heavy atom. The van der Waals surface area contributed by atoms with Crippen molar-refractivity contribution in [2.45, 2.75) is 19.9 Å². The van der Waals surface area contributed by atoms with E-state index in [1.54, 1.807) is 12.3 Å². The molecule has 2 heterocycles. The number of hydrogen-bond donors (Lipinski definition) is 1. The lowest BCUT2D eigenvalue weighted by molar-refractivity contribution is 0.0737. The van der Waals surface area contributed by atoms with Gasteiger partial charge in [-0.1, -0.05) is 19.1 Å². The number of hydrogen-bond acceptors (Lipinski definition) is 4. The molecule has 0 unspecified atom stereocenters. The van der Waals surface area contributed by atoms with Crippen LogP contribution in [0.15, 0.2) is 48.1 Å². The molecule has 2 N–H and O–H groups in total. The van der Waals surface area contributed by atoms with Crippen LogP contribution in [0.5, 0.6) is 0 Å². The summed E-state index contributed by atoms with van der Waals surface area (Å²) in [5, 5.41) is 1.89. The molecule has 0 radical (unpaired) electrons. The molecule has 7 heteroatoms. The third kappa shape index (κ3) is 4.25. The molecule has 2 aromatic heterocycles. The van der Waals surface area contributed by atoms with Gasteiger partial charge in [-0.15, -0.1) is 11.3 Å². The van der Waals surface area contributed by atoms with Gasteiger partial charge in [-0.05, 0) is 41.1 Å². The van der Waals surface area contributed by atoms with Crippen molar-refractivity contribution in [2.24, 2.45) is 12.8 Å². The third-order valence-corrected chi connectivity index (χ3v) is 5.29. The molecular weight excluding hydrogens is 360 g/mol. The first-order valence-corrected chi connectivity index (χ1v) is 9.61. The number of benzene rings is 1. The van der Waals surface area contributed by atoms with E-state index < -0.39 is 5.91 Å². The number of nitrogens with zero attached hydrogens (tertiary/aromatic N) is 3. The Kier molecular flexibility index (Phi) is 5.71. The number of rotatable bonds is 7. The van der Waals surface area contributed by atoms with E-state index in [0.717, 1.165) is 23.4 Å². The smallest absolute Gasteiger partial charge is 0.258 e. The highest BCUT2D eigenvalue weighted by Crippen LogP contribution is 2.26. The summed E-state index contributed by atoms with van der Waals surface area (Å²) in [6, 6.07) is 9.20. The molecule has 0 fully saturated rings. The van der Waals surface area contributed by atoms with Crippen LogP contribution in [0.4, 0.5) is 0 Å². The lowest BCUT2D eigenvalue weighted by Crippen LogP contribution is -2.32. The van der Waals surface area contributed by atoms with Crippen LogP contribution < -0.4 is 5.73 Å². The number of carbonyl (C=O) groups excluding carboxylic acids is 2. The van der Waals surface area contributed by atoms with Gasteiger partial charge in [-0.25, -0.2) is 4.98 Å². The molecule has 3 aromatic rings. The Morgan fingerprint density at radius 2 is 1.96 bits per heavy atom. The molecular formula is C20H22N4O2S. The maximum absolute atomic E-state index is 12.9. The van der Waals surface area contributed by atoms with Gasteiger partial charge < -0.3 is 15.2 Å². The van der Waals surface area contributed by atoms with E-state index in [1.807, 2.05) is 52.4 Å². The zero-order valence-electron chi connectivity index (χ0n) is 15.4. The Balaban J connectivity index is 1.78. The first kappa shape index (κ1) is 18.8. The highest BCUT2D eigenvalue weighted by atomic mass is 32.1. The molecule has 2 amide bonds. The van der Waals surface area contributed by atoms with E-state index in [-0.39, 0.29) is 5.91 Å². The van der Waals surface area contributed by atoms with Crippen LogP contribution in [0.1, 0.15) is 39.2 Å². The minimum Gasteiger partial charge on any atom is -0.365 e. The number of amides is 2. The molecule has 0 spiro atoms. The normalized spacial score (nSPS) is 10.7. The van der Waals surface area contributed by atoms with Gasteiger partial charge in [0.05, 0.1) is 11.4 Å². The van der Waals surface area contributed by atoms with E-state index in [1.165, 1.54) is 11.3 Å². The van der Waals surface area contributed by atoms with Crippen molar-refractivity contribution in [3.63, 3.8) is 0 Å². The molecule has 0 bridgehead atoms. The van der Waals surface area contributed by atoms with Crippen molar-refractivity contribution >= 4 is 23.2 Å². The molecule has 0 aliphatic carbocycles. The number of carbonyl (C=O) groups is 2. The van der Waals surface area contributed by atoms with Gasteiger partial charge in [0.1, 0.15) is 5.82 Å². The fraction of sp³-hybridized carbons (Fsp3) is 0.250. The lowest BCUT2D eigenvalue weighted by atomic mass is 10.1. The van der Waals surface area contributed by atoms with Crippen LogP contribution in [0.2, 0.25) is 0 Å². The Bertz CT molecular complexity index is 943. The van der Waals surface area contributed by atoms with E-state index in [2.05, 4.69) is 11.9 Å². The molecule has 0 saturated heterocycles. The zero-order valence-corrected chi connectivity index (χ0v) is 16.2. The number of nitrogens with two attached hydrogens (primary N) is 1. The topological polar surface area (TPSA) is 81.2 Å². The molecule has 6 nitrogen and oxygen atoms in total. The van der Waals surface area contributed by atoms with Gasteiger partial charge in [0.25, 0.3) is 11.8 Å². The van der Waals surface area contributed by atoms with Crippen LogP contribution in [0, 0.1) is 0 Å². The van der Waals surface area contributed by atoms with Gasteiger partial charge in [-0.3, -0.25) is 9.59 Å².